The topological polar surface area (TPSA) is 82.3 Å². The molecule has 7 heteroatoms. The van der Waals surface area contributed by atoms with Crippen molar-refractivity contribution in [1.82, 2.24) is 9.97 Å². The van der Waals surface area contributed by atoms with Gasteiger partial charge in [0.05, 0.1) is 18.2 Å². The number of ether oxygens (including phenoxy) is 2. The average Bonchev–Trinajstić information content (AvgIpc) is 2.43. The van der Waals surface area contributed by atoms with Crippen molar-refractivity contribution < 1.29 is 9.47 Å². The maximum atomic E-state index is 6.08. The molecule has 2 aromatic rings. The van der Waals surface area contributed by atoms with Gasteiger partial charge in [-0.25, -0.2) is 4.98 Å². The van der Waals surface area contributed by atoms with Crippen molar-refractivity contribution in [2.24, 2.45) is 0 Å². The van der Waals surface area contributed by atoms with Gasteiger partial charge < -0.3 is 20.5 Å². The molecule has 1 heterocycles. The van der Waals surface area contributed by atoms with E-state index in [2.05, 4.69) is 15.3 Å². The van der Waals surface area contributed by atoms with E-state index in [4.69, 9.17) is 26.8 Å². The number of nitrogens with one attached hydrogen (secondary N) is 1. The third kappa shape index (κ3) is 3.66. The standard InChI is InChI=1S/C14H17ClN4O2/c1-8(2)21-14-12(16)13(17-7-18-14)19-9-4-5-11(20-3)10(15)6-9/h4-8H,16H2,1-3H3,(H,17,18,19). The first-order chi connectivity index (χ1) is 10.0. The molecule has 1 aromatic carbocycles. The Balaban J connectivity index is 2.25. The summed E-state index contributed by atoms with van der Waals surface area (Å²) >= 11 is 6.08. The van der Waals surface area contributed by atoms with Crippen molar-refractivity contribution in [2.45, 2.75) is 20.0 Å². The van der Waals surface area contributed by atoms with Crippen molar-refractivity contribution >= 4 is 28.8 Å². The summed E-state index contributed by atoms with van der Waals surface area (Å²) in [5.74, 6) is 1.41. The minimum Gasteiger partial charge on any atom is -0.495 e. The van der Waals surface area contributed by atoms with E-state index in [0.717, 1.165) is 5.69 Å². The van der Waals surface area contributed by atoms with Gasteiger partial charge in [-0.05, 0) is 32.0 Å². The molecule has 2 rings (SSSR count). The van der Waals surface area contributed by atoms with Crippen LogP contribution < -0.4 is 20.5 Å². The molecule has 1 aromatic heterocycles. The third-order valence-corrected chi connectivity index (χ3v) is 2.90. The molecule has 0 aliphatic carbocycles. The first kappa shape index (κ1) is 15.2. The van der Waals surface area contributed by atoms with Crippen LogP contribution in [0, 0.1) is 0 Å². The molecule has 0 amide bonds. The van der Waals surface area contributed by atoms with Crippen molar-refractivity contribution in [3.63, 3.8) is 0 Å². The Morgan fingerprint density at radius 3 is 2.67 bits per heavy atom. The smallest absolute Gasteiger partial charge is 0.242 e. The van der Waals surface area contributed by atoms with Gasteiger partial charge in [-0.3, -0.25) is 0 Å². The summed E-state index contributed by atoms with van der Waals surface area (Å²) in [7, 11) is 1.56. The van der Waals surface area contributed by atoms with E-state index in [-0.39, 0.29) is 6.10 Å². The van der Waals surface area contributed by atoms with Crippen LogP contribution in [-0.4, -0.2) is 23.2 Å². The van der Waals surface area contributed by atoms with Gasteiger partial charge in [-0.2, -0.15) is 4.98 Å². The van der Waals surface area contributed by atoms with E-state index in [1.807, 2.05) is 19.9 Å². The highest BCUT2D eigenvalue weighted by Crippen LogP contribution is 2.31. The first-order valence-electron chi connectivity index (χ1n) is 6.39. The maximum absolute atomic E-state index is 6.08. The lowest BCUT2D eigenvalue weighted by Gasteiger charge is -2.14. The normalized spacial score (nSPS) is 10.5. The highest BCUT2D eigenvalue weighted by atomic mass is 35.5. The number of hydrogen-bond acceptors (Lipinski definition) is 6. The fraction of sp³-hybridized carbons (Fsp3) is 0.286. The largest absolute Gasteiger partial charge is 0.495 e. The molecule has 3 N–H and O–H groups in total. The SMILES string of the molecule is COc1ccc(Nc2ncnc(OC(C)C)c2N)cc1Cl. The van der Waals surface area contributed by atoms with E-state index in [1.165, 1.54) is 6.33 Å². The van der Waals surface area contributed by atoms with Crippen LogP contribution in [0.5, 0.6) is 11.6 Å². The van der Waals surface area contributed by atoms with Crippen LogP contribution in [0.2, 0.25) is 5.02 Å². The van der Waals surface area contributed by atoms with Gasteiger partial charge >= 0.3 is 0 Å². The van der Waals surface area contributed by atoms with Crippen LogP contribution in [0.1, 0.15) is 13.8 Å². The lowest BCUT2D eigenvalue weighted by Crippen LogP contribution is -2.10. The quantitative estimate of drug-likeness (QED) is 0.882. The maximum Gasteiger partial charge on any atom is 0.242 e. The van der Waals surface area contributed by atoms with E-state index in [9.17, 15) is 0 Å². The Morgan fingerprint density at radius 2 is 2.05 bits per heavy atom. The van der Waals surface area contributed by atoms with Crippen LogP contribution in [-0.2, 0) is 0 Å². The Morgan fingerprint density at radius 1 is 1.29 bits per heavy atom. The lowest BCUT2D eigenvalue weighted by atomic mass is 10.3. The molecule has 0 bridgehead atoms. The average molecular weight is 309 g/mol. The van der Waals surface area contributed by atoms with Gasteiger partial charge in [0.1, 0.15) is 17.8 Å². The number of anilines is 3. The van der Waals surface area contributed by atoms with E-state index in [1.54, 1.807) is 19.2 Å². The molecule has 0 aliphatic rings. The molecular formula is C14H17ClN4O2. The highest BCUT2D eigenvalue weighted by molar-refractivity contribution is 6.32. The van der Waals surface area contributed by atoms with Crippen molar-refractivity contribution in [2.75, 3.05) is 18.2 Å². The number of nitrogen functional groups attached to an aromatic ring is 1. The summed E-state index contributed by atoms with van der Waals surface area (Å²) in [5.41, 5.74) is 7.09. The highest BCUT2D eigenvalue weighted by Gasteiger charge is 2.11. The molecule has 0 atom stereocenters. The Hall–Kier alpha value is -2.21. The third-order valence-electron chi connectivity index (χ3n) is 2.61. The predicted octanol–water partition coefficient (Wildman–Crippen LogP) is 3.25. The number of nitrogens with two attached hydrogens (primary N) is 1. The second-order valence-corrected chi connectivity index (χ2v) is 4.99. The minimum absolute atomic E-state index is 0.0227. The fourth-order valence-electron chi connectivity index (χ4n) is 1.68. The Bertz CT molecular complexity index is 634. The number of rotatable bonds is 5. The molecule has 0 spiro atoms. The number of benzene rings is 1. The van der Waals surface area contributed by atoms with Crippen LogP contribution in [0.3, 0.4) is 0 Å². The van der Waals surface area contributed by atoms with Gasteiger partial charge in [0.25, 0.3) is 0 Å². The molecule has 21 heavy (non-hydrogen) atoms. The second kappa shape index (κ2) is 6.49. The van der Waals surface area contributed by atoms with Crippen LogP contribution >= 0.6 is 11.6 Å². The fourth-order valence-corrected chi connectivity index (χ4v) is 1.93. The first-order valence-corrected chi connectivity index (χ1v) is 6.76. The monoisotopic (exact) mass is 308 g/mol. The lowest BCUT2D eigenvalue weighted by molar-refractivity contribution is 0.234. The Labute approximate surface area is 128 Å². The number of hydrogen-bond donors (Lipinski definition) is 2. The number of halogens is 1. The van der Waals surface area contributed by atoms with Crippen LogP contribution in [0.15, 0.2) is 24.5 Å². The van der Waals surface area contributed by atoms with E-state index >= 15 is 0 Å². The van der Waals surface area contributed by atoms with Gasteiger partial charge in [0.15, 0.2) is 5.82 Å². The zero-order valence-corrected chi connectivity index (χ0v) is 12.8. The van der Waals surface area contributed by atoms with E-state index < -0.39 is 0 Å². The number of methoxy groups -OCH3 is 1. The molecule has 112 valence electrons. The summed E-state index contributed by atoms with van der Waals surface area (Å²) in [6.45, 7) is 3.80. The van der Waals surface area contributed by atoms with Gasteiger partial charge in [0, 0.05) is 5.69 Å². The number of aromatic nitrogens is 2. The van der Waals surface area contributed by atoms with Gasteiger partial charge in [-0.15, -0.1) is 0 Å². The number of nitrogens with zero attached hydrogens (tertiary/aromatic N) is 2. The molecule has 0 saturated heterocycles. The molecule has 6 nitrogen and oxygen atoms in total. The Kier molecular flexibility index (Phi) is 4.70. The summed E-state index contributed by atoms with van der Waals surface area (Å²) in [6, 6.07) is 5.30. The van der Waals surface area contributed by atoms with Crippen molar-refractivity contribution in [3.05, 3.63) is 29.5 Å². The van der Waals surface area contributed by atoms with Gasteiger partial charge in [-0.1, -0.05) is 11.6 Å². The predicted molar refractivity (Wildman–Crippen MR) is 83.5 cm³/mol. The molecular weight excluding hydrogens is 292 g/mol. The molecule has 0 saturated carbocycles. The second-order valence-electron chi connectivity index (χ2n) is 4.58. The summed E-state index contributed by atoms with van der Waals surface area (Å²) in [5, 5.41) is 3.58. The summed E-state index contributed by atoms with van der Waals surface area (Å²) in [6.07, 6.45) is 1.37. The molecule has 0 unspecified atom stereocenters. The zero-order valence-electron chi connectivity index (χ0n) is 12.1. The van der Waals surface area contributed by atoms with E-state index in [0.29, 0.717) is 28.2 Å². The van der Waals surface area contributed by atoms with Crippen molar-refractivity contribution in [3.8, 4) is 11.6 Å². The van der Waals surface area contributed by atoms with Crippen molar-refractivity contribution in [1.29, 1.82) is 0 Å². The summed E-state index contributed by atoms with van der Waals surface area (Å²) < 4.78 is 10.6. The molecule has 0 aliphatic heterocycles. The molecule has 0 radical (unpaired) electrons. The summed E-state index contributed by atoms with van der Waals surface area (Å²) in [4.78, 5) is 8.13. The minimum atomic E-state index is -0.0227. The van der Waals surface area contributed by atoms with Crippen LogP contribution in [0.25, 0.3) is 0 Å². The van der Waals surface area contributed by atoms with Gasteiger partial charge in [0.2, 0.25) is 5.88 Å². The zero-order chi connectivity index (χ0) is 15.4. The molecule has 0 fully saturated rings. The van der Waals surface area contributed by atoms with Crippen LogP contribution in [0.4, 0.5) is 17.2 Å².